The number of rotatable bonds is 9. The summed E-state index contributed by atoms with van der Waals surface area (Å²) in [4.78, 5) is 30.6. The Kier molecular flexibility index (Phi) is 6.34. The van der Waals surface area contributed by atoms with Crippen LogP contribution in [0.5, 0.6) is 0 Å². The molecule has 2 heterocycles. The van der Waals surface area contributed by atoms with Gasteiger partial charge in [0.25, 0.3) is 5.56 Å². The van der Waals surface area contributed by atoms with Crippen LogP contribution in [-0.2, 0) is 18.3 Å². The van der Waals surface area contributed by atoms with Crippen LogP contribution in [0.2, 0.25) is 0 Å². The number of aliphatic hydroxyl groups is 2. The van der Waals surface area contributed by atoms with Gasteiger partial charge in [-0.2, -0.15) is 4.98 Å². The third-order valence-electron chi connectivity index (χ3n) is 3.64. The van der Waals surface area contributed by atoms with E-state index in [9.17, 15) is 14.7 Å². The molecule has 140 valence electrons. The zero-order valence-electron chi connectivity index (χ0n) is 14.7. The Hall–Kier alpha value is -2.17. The summed E-state index contributed by atoms with van der Waals surface area (Å²) in [6.45, 7) is 4.36. The number of nitrogens with one attached hydrogen (secondary N) is 2. The van der Waals surface area contributed by atoms with Crippen molar-refractivity contribution in [2.45, 2.75) is 39.0 Å². The number of imidazole rings is 1. The maximum absolute atomic E-state index is 12.3. The normalized spacial score (nSPS) is 12.9. The van der Waals surface area contributed by atoms with Crippen LogP contribution in [0.15, 0.2) is 9.59 Å². The van der Waals surface area contributed by atoms with E-state index >= 15 is 0 Å². The first kappa shape index (κ1) is 19.2. The Morgan fingerprint density at radius 1 is 1.36 bits per heavy atom. The molecule has 0 saturated heterocycles. The summed E-state index contributed by atoms with van der Waals surface area (Å²) in [6.07, 6.45) is -0.382. The van der Waals surface area contributed by atoms with Gasteiger partial charge in [-0.05, 0) is 20.3 Å². The summed E-state index contributed by atoms with van der Waals surface area (Å²) in [7, 11) is 1.51. The number of aryl methyl sites for hydroxylation is 1. The van der Waals surface area contributed by atoms with E-state index in [1.165, 1.54) is 16.2 Å². The second-order valence-corrected chi connectivity index (χ2v) is 6.08. The van der Waals surface area contributed by atoms with Crippen LogP contribution in [0.4, 0.5) is 5.95 Å². The van der Waals surface area contributed by atoms with E-state index in [2.05, 4.69) is 15.3 Å². The van der Waals surface area contributed by atoms with Gasteiger partial charge >= 0.3 is 5.69 Å². The first-order valence-corrected chi connectivity index (χ1v) is 8.19. The zero-order valence-corrected chi connectivity index (χ0v) is 14.7. The molecule has 2 aromatic heterocycles. The number of ether oxygens (including phenoxy) is 1. The predicted molar refractivity (Wildman–Crippen MR) is 92.9 cm³/mol. The average Bonchev–Trinajstić information content (AvgIpc) is 2.90. The van der Waals surface area contributed by atoms with E-state index in [1.54, 1.807) is 0 Å². The third kappa shape index (κ3) is 4.47. The largest absolute Gasteiger partial charge is 0.396 e. The van der Waals surface area contributed by atoms with Crippen molar-refractivity contribution in [3.05, 3.63) is 20.8 Å². The number of H-pyrrole nitrogens is 1. The van der Waals surface area contributed by atoms with E-state index in [1.807, 2.05) is 13.8 Å². The molecule has 0 bridgehead atoms. The number of hydrogen-bond acceptors (Lipinski definition) is 7. The topological polar surface area (TPSA) is 134 Å². The van der Waals surface area contributed by atoms with Crippen molar-refractivity contribution in [3.8, 4) is 0 Å². The zero-order chi connectivity index (χ0) is 18.6. The fraction of sp³-hybridized carbons (Fsp3) is 0.667. The first-order chi connectivity index (χ1) is 11.8. The minimum atomic E-state index is -0.852. The minimum absolute atomic E-state index is 0.0111. The smallest absolute Gasteiger partial charge is 0.329 e. The molecular weight excluding hydrogens is 330 g/mol. The van der Waals surface area contributed by atoms with Crippen LogP contribution < -0.4 is 16.6 Å². The molecule has 1 atom stereocenters. The highest BCUT2D eigenvalue weighted by Crippen LogP contribution is 2.16. The van der Waals surface area contributed by atoms with Gasteiger partial charge in [-0.3, -0.25) is 14.3 Å². The quantitative estimate of drug-likeness (QED) is 0.424. The molecule has 0 saturated carbocycles. The fourth-order valence-corrected chi connectivity index (χ4v) is 2.39. The molecular formula is C15H25N5O5. The number of nitrogens with zero attached hydrogens (tertiary/aromatic N) is 3. The van der Waals surface area contributed by atoms with Gasteiger partial charge in [0, 0.05) is 20.2 Å². The number of hydrogen-bond donors (Lipinski definition) is 4. The van der Waals surface area contributed by atoms with E-state index in [0.29, 0.717) is 18.9 Å². The van der Waals surface area contributed by atoms with E-state index in [0.717, 1.165) is 0 Å². The monoisotopic (exact) mass is 355 g/mol. The summed E-state index contributed by atoms with van der Waals surface area (Å²) in [5.74, 6) is 0.346. The van der Waals surface area contributed by atoms with Crippen molar-refractivity contribution < 1.29 is 14.9 Å². The number of aliphatic hydroxyl groups excluding tert-OH is 2. The number of anilines is 1. The molecule has 0 spiro atoms. The van der Waals surface area contributed by atoms with Gasteiger partial charge in [-0.25, -0.2) is 4.79 Å². The van der Waals surface area contributed by atoms with Crippen LogP contribution in [-0.4, -0.2) is 61.3 Å². The molecule has 0 fully saturated rings. The Bertz CT molecular complexity index is 822. The third-order valence-corrected chi connectivity index (χ3v) is 3.64. The van der Waals surface area contributed by atoms with Gasteiger partial charge in [0.2, 0.25) is 5.95 Å². The molecule has 25 heavy (non-hydrogen) atoms. The first-order valence-electron chi connectivity index (χ1n) is 8.19. The highest BCUT2D eigenvalue weighted by molar-refractivity contribution is 5.74. The van der Waals surface area contributed by atoms with E-state index in [-0.39, 0.29) is 37.0 Å². The Morgan fingerprint density at radius 2 is 2.08 bits per heavy atom. The molecule has 10 nitrogen and oxygen atoms in total. The number of fused-ring (bicyclic) bond motifs is 1. The van der Waals surface area contributed by atoms with Crippen molar-refractivity contribution in [3.63, 3.8) is 0 Å². The summed E-state index contributed by atoms with van der Waals surface area (Å²) in [5.41, 5.74) is -0.722. The maximum Gasteiger partial charge on any atom is 0.329 e. The number of aromatic nitrogens is 4. The van der Waals surface area contributed by atoms with Gasteiger partial charge in [-0.1, -0.05) is 0 Å². The van der Waals surface area contributed by atoms with Crippen molar-refractivity contribution in [1.29, 1.82) is 0 Å². The standard InChI is InChI=1S/C15H25N5O5/c1-9(2)25-8-10(22)7-20-11-12(17-14(20)16-5-4-6-21)19(3)15(24)18-13(11)23/h9-10,21-22H,4-8H2,1-3H3,(H,16,17)(H,18,23,24)/t10-/m0/s1. The maximum atomic E-state index is 12.3. The minimum Gasteiger partial charge on any atom is -0.396 e. The molecule has 10 heteroatoms. The van der Waals surface area contributed by atoms with Crippen LogP contribution in [0.25, 0.3) is 11.2 Å². The van der Waals surface area contributed by atoms with Crippen LogP contribution in [0, 0.1) is 0 Å². The SMILES string of the molecule is CC(C)OC[C@@H](O)Cn1c(NCCCO)nc2c1c(=O)[nH]c(=O)n2C. The van der Waals surface area contributed by atoms with Crippen molar-refractivity contribution in [2.75, 3.05) is 25.1 Å². The molecule has 0 aliphatic carbocycles. The highest BCUT2D eigenvalue weighted by atomic mass is 16.5. The molecule has 0 aliphatic heterocycles. The van der Waals surface area contributed by atoms with Gasteiger partial charge in [-0.15, -0.1) is 0 Å². The van der Waals surface area contributed by atoms with Crippen LogP contribution >= 0.6 is 0 Å². The molecule has 4 N–H and O–H groups in total. The molecule has 0 unspecified atom stereocenters. The highest BCUT2D eigenvalue weighted by Gasteiger charge is 2.19. The number of aromatic amines is 1. The van der Waals surface area contributed by atoms with Crippen LogP contribution in [0.3, 0.4) is 0 Å². The van der Waals surface area contributed by atoms with Gasteiger partial charge in [0.05, 0.1) is 25.4 Å². The molecule has 0 aliphatic rings. The lowest BCUT2D eigenvalue weighted by atomic mass is 10.3. The van der Waals surface area contributed by atoms with Gasteiger partial charge in [0.15, 0.2) is 11.2 Å². The average molecular weight is 355 g/mol. The van der Waals surface area contributed by atoms with E-state index in [4.69, 9.17) is 9.84 Å². The van der Waals surface area contributed by atoms with Crippen LogP contribution in [0.1, 0.15) is 20.3 Å². The summed E-state index contributed by atoms with van der Waals surface area (Å²) in [5, 5.41) is 22.2. The van der Waals surface area contributed by atoms with Crippen molar-refractivity contribution in [2.24, 2.45) is 7.05 Å². The molecule has 0 radical (unpaired) electrons. The van der Waals surface area contributed by atoms with Crippen molar-refractivity contribution in [1.82, 2.24) is 19.1 Å². The summed E-state index contributed by atoms with van der Waals surface area (Å²) in [6, 6.07) is 0. The molecule has 2 aromatic rings. The Labute approximate surface area is 144 Å². The second-order valence-electron chi connectivity index (χ2n) is 6.08. The Balaban J connectivity index is 2.42. The molecule has 0 amide bonds. The lowest BCUT2D eigenvalue weighted by Gasteiger charge is -2.16. The van der Waals surface area contributed by atoms with E-state index < -0.39 is 17.4 Å². The predicted octanol–water partition coefficient (Wildman–Crippen LogP) is -0.996. The molecule has 0 aromatic carbocycles. The molecule has 2 rings (SSSR count). The lowest BCUT2D eigenvalue weighted by Crippen LogP contribution is -2.30. The summed E-state index contributed by atoms with van der Waals surface area (Å²) >= 11 is 0. The summed E-state index contributed by atoms with van der Waals surface area (Å²) < 4.78 is 8.16. The second kappa shape index (κ2) is 8.28. The lowest BCUT2D eigenvalue weighted by molar-refractivity contribution is -0.000107. The fourth-order valence-electron chi connectivity index (χ4n) is 2.39. The van der Waals surface area contributed by atoms with Crippen molar-refractivity contribution >= 4 is 17.1 Å². The van der Waals surface area contributed by atoms with Gasteiger partial charge in [0.1, 0.15) is 0 Å². The Morgan fingerprint density at radius 3 is 2.72 bits per heavy atom. The van der Waals surface area contributed by atoms with Gasteiger partial charge < -0.3 is 24.8 Å².